The first-order valence-corrected chi connectivity index (χ1v) is 4.93. The van der Waals surface area contributed by atoms with E-state index in [9.17, 15) is 4.79 Å². The summed E-state index contributed by atoms with van der Waals surface area (Å²) in [5.74, 6) is -0.879. The van der Waals surface area contributed by atoms with Crippen molar-refractivity contribution < 1.29 is 9.90 Å². The van der Waals surface area contributed by atoms with Crippen LogP contribution in [0, 0.1) is 0 Å². The summed E-state index contributed by atoms with van der Waals surface area (Å²) >= 11 is 4.83. The molecule has 0 fully saturated rings. The molecule has 0 aromatic carbocycles. The van der Waals surface area contributed by atoms with Crippen LogP contribution < -0.4 is 0 Å². The lowest BCUT2D eigenvalue weighted by molar-refractivity contribution is -0.132. The van der Waals surface area contributed by atoms with Crippen molar-refractivity contribution in [3.05, 3.63) is 26.4 Å². The van der Waals surface area contributed by atoms with Gasteiger partial charge in [-0.3, -0.25) is 0 Å². The lowest BCUT2D eigenvalue weighted by Gasteiger charge is -1.91. The molecule has 12 heavy (non-hydrogen) atoms. The van der Waals surface area contributed by atoms with Crippen LogP contribution in [0.2, 0.25) is 0 Å². The maximum Gasteiger partial charge on any atom is 0.331 e. The van der Waals surface area contributed by atoms with Crippen LogP contribution in [0.1, 0.15) is 11.8 Å². The quantitative estimate of drug-likeness (QED) is 0.815. The Hall–Kier alpha value is -0.610. The number of hydrogen-bond acceptors (Lipinski definition) is 2. The minimum absolute atomic E-state index is 0.346. The van der Waals surface area contributed by atoms with Gasteiger partial charge in [0, 0.05) is 14.9 Å². The second-order valence-corrected chi connectivity index (χ2v) is 4.07. The van der Waals surface area contributed by atoms with Crippen molar-refractivity contribution >= 4 is 39.3 Å². The predicted molar refractivity (Wildman–Crippen MR) is 53.3 cm³/mol. The Labute approximate surface area is 82.7 Å². The topological polar surface area (TPSA) is 37.3 Å². The zero-order valence-electron chi connectivity index (χ0n) is 6.37. The van der Waals surface area contributed by atoms with Gasteiger partial charge in [0.15, 0.2) is 0 Å². The third kappa shape index (κ3) is 2.19. The zero-order chi connectivity index (χ0) is 9.14. The second-order valence-electron chi connectivity index (χ2n) is 2.27. The Balaban J connectivity index is 2.95. The van der Waals surface area contributed by atoms with Crippen molar-refractivity contribution in [2.45, 2.75) is 6.92 Å². The van der Waals surface area contributed by atoms with E-state index in [1.807, 2.05) is 11.4 Å². The van der Waals surface area contributed by atoms with E-state index in [1.54, 1.807) is 13.0 Å². The van der Waals surface area contributed by atoms with E-state index in [0.717, 1.165) is 9.35 Å². The standard InChI is InChI=1S/C8H7BrO2S/c1-5(8(10)11)4-7-6(9)2-3-12-7/h2-4H,1H3,(H,10,11)/b5-4-. The molecule has 0 radical (unpaired) electrons. The monoisotopic (exact) mass is 246 g/mol. The zero-order valence-corrected chi connectivity index (χ0v) is 8.78. The van der Waals surface area contributed by atoms with Crippen LogP contribution in [0.5, 0.6) is 0 Å². The third-order valence-electron chi connectivity index (χ3n) is 1.33. The highest BCUT2D eigenvalue weighted by Crippen LogP contribution is 2.24. The molecule has 0 aliphatic heterocycles. The van der Waals surface area contributed by atoms with Crippen LogP contribution in [0.4, 0.5) is 0 Å². The molecule has 4 heteroatoms. The fourth-order valence-electron chi connectivity index (χ4n) is 0.667. The molecule has 0 bridgehead atoms. The van der Waals surface area contributed by atoms with Gasteiger partial charge < -0.3 is 5.11 Å². The van der Waals surface area contributed by atoms with Gasteiger partial charge in [0.2, 0.25) is 0 Å². The van der Waals surface area contributed by atoms with E-state index in [0.29, 0.717) is 5.57 Å². The summed E-state index contributed by atoms with van der Waals surface area (Å²) in [6.45, 7) is 1.58. The van der Waals surface area contributed by atoms with Gasteiger partial charge >= 0.3 is 5.97 Å². The molecule has 0 saturated heterocycles. The molecule has 0 spiro atoms. The SMILES string of the molecule is C/C(=C/c1sccc1Br)C(=O)O. The van der Waals surface area contributed by atoms with Crippen LogP contribution in [0.15, 0.2) is 21.5 Å². The molecule has 0 unspecified atom stereocenters. The van der Waals surface area contributed by atoms with Gasteiger partial charge in [-0.2, -0.15) is 0 Å². The second kappa shape index (κ2) is 3.87. The smallest absolute Gasteiger partial charge is 0.331 e. The van der Waals surface area contributed by atoms with Crippen molar-refractivity contribution in [1.29, 1.82) is 0 Å². The number of hydrogen-bond donors (Lipinski definition) is 1. The number of carboxylic acids is 1. The number of thiophene rings is 1. The fraction of sp³-hybridized carbons (Fsp3) is 0.125. The molecule has 0 amide bonds. The lowest BCUT2D eigenvalue weighted by Crippen LogP contribution is -1.94. The summed E-state index contributed by atoms with van der Waals surface area (Å²) < 4.78 is 0.938. The van der Waals surface area contributed by atoms with E-state index in [-0.39, 0.29) is 0 Å². The van der Waals surface area contributed by atoms with Crippen LogP contribution >= 0.6 is 27.3 Å². The molecule has 0 saturated carbocycles. The Bertz CT molecular complexity index is 328. The molecule has 1 aromatic heterocycles. The molecule has 0 aliphatic rings. The Morgan fingerprint density at radius 2 is 2.42 bits per heavy atom. The summed E-state index contributed by atoms with van der Waals surface area (Å²) in [5, 5.41) is 10.5. The van der Waals surface area contributed by atoms with Crippen molar-refractivity contribution in [3.8, 4) is 0 Å². The molecule has 1 N–H and O–H groups in total. The van der Waals surface area contributed by atoms with Gasteiger partial charge in [-0.1, -0.05) is 0 Å². The molecule has 0 aliphatic carbocycles. The molecule has 64 valence electrons. The van der Waals surface area contributed by atoms with Gasteiger partial charge in [-0.05, 0) is 40.4 Å². The van der Waals surface area contributed by atoms with Gasteiger partial charge in [0.1, 0.15) is 0 Å². The van der Waals surface area contributed by atoms with Crippen molar-refractivity contribution in [2.24, 2.45) is 0 Å². The van der Waals surface area contributed by atoms with E-state index < -0.39 is 5.97 Å². The number of aliphatic carboxylic acids is 1. The molecule has 2 nitrogen and oxygen atoms in total. The molecule has 0 atom stereocenters. The lowest BCUT2D eigenvalue weighted by atomic mass is 10.2. The minimum atomic E-state index is -0.879. The van der Waals surface area contributed by atoms with Gasteiger partial charge in [0.05, 0.1) is 0 Å². The normalized spacial score (nSPS) is 11.7. The summed E-state index contributed by atoms with van der Waals surface area (Å²) in [5.41, 5.74) is 0.346. The summed E-state index contributed by atoms with van der Waals surface area (Å²) in [4.78, 5) is 11.4. The van der Waals surface area contributed by atoms with Crippen molar-refractivity contribution in [1.82, 2.24) is 0 Å². The predicted octanol–water partition coefficient (Wildman–Crippen LogP) is 3.00. The van der Waals surface area contributed by atoms with Gasteiger partial charge in [0.25, 0.3) is 0 Å². The Morgan fingerprint density at radius 1 is 1.75 bits per heavy atom. The molecule has 1 heterocycles. The average Bonchev–Trinajstić information content (AvgIpc) is 2.36. The first-order valence-electron chi connectivity index (χ1n) is 3.26. The number of carboxylic acid groups (broad SMARTS) is 1. The molecular weight excluding hydrogens is 240 g/mol. The first kappa shape index (κ1) is 9.48. The number of carbonyl (C=O) groups is 1. The number of rotatable bonds is 2. The molecule has 1 aromatic rings. The van der Waals surface area contributed by atoms with E-state index >= 15 is 0 Å². The maximum atomic E-state index is 10.5. The summed E-state index contributed by atoms with van der Waals surface area (Å²) in [6, 6.07) is 1.89. The fourth-order valence-corrected chi connectivity index (χ4v) is 2.14. The largest absolute Gasteiger partial charge is 0.478 e. The molecule has 1 rings (SSSR count). The highest BCUT2D eigenvalue weighted by Gasteiger charge is 2.02. The van der Waals surface area contributed by atoms with Crippen molar-refractivity contribution in [3.63, 3.8) is 0 Å². The van der Waals surface area contributed by atoms with Gasteiger partial charge in [-0.25, -0.2) is 4.79 Å². The third-order valence-corrected chi connectivity index (χ3v) is 3.15. The Kier molecular flexibility index (Phi) is 3.05. The highest BCUT2D eigenvalue weighted by atomic mass is 79.9. The molecular formula is C8H7BrO2S. The Morgan fingerprint density at radius 3 is 2.83 bits per heavy atom. The maximum absolute atomic E-state index is 10.5. The summed E-state index contributed by atoms with van der Waals surface area (Å²) in [6.07, 6.45) is 1.65. The average molecular weight is 247 g/mol. The van der Waals surface area contributed by atoms with E-state index in [2.05, 4.69) is 15.9 Å². The number of halogens is 1. The van der Waals surface area contributed by atoms with E-state index in [1.165, 1.54) is 11.3 Å². The summed E-state index contributed by atoms with van der Waals surface area (Å²) in [7, 11) is 0. The highest BCUT2D eigenvalue weighted by molar-refractivity contribution is 9.10. The van der Waals surface area contributed by atoms with Crippen LogP contribution in [-0.4, -0.2) is 11.1 Å². The van der Waals surface area contributed by atoms with Crippen LogP contribution in [0.25, 0.3) is 6.08 Å². The van der Waals surface area contributed by atoms with Crippen molar-refractivity contribution in [2.75, 3.05) is 0 Å². The first-order chi connectivity index (χ1) is 5.61. The van der Waals surface area contributed by atoms with E-state index in [4.69, 9.17) is 5.11 Å². The van der Waals surface area contributed by atoms with Crippen LogP contribution in [0.3, 0.4) is 0 Å². The minimum Gasteiger partial charge on any atom is -0.478 e. The van der Waals surface area contributed by atoms with Crippen LogP contribution in [-0.2, 0) is 4.79 Å². The van der Waals surface area contributed by atoms with Gasteiger partial charge in [-0.15, -0.1) is 11.3 Å².